The number of piperidine rings is 2. The van der Waals surface area contributed by atoms with Crippen molar-refractivity contribution in [1.29, 1.82) is 0 Å². The molecule has 1 spiro atoms. The molecule has 5 rings (SSSR count). The summed E-state index contributed by atoms with van der Waals surface area (Å²) in [5.41, 5.74) is 3.35. The van der Waals surface area contributed by atoms with Crippen LogP contribution in [0.2, 0.25) is 15.1 Å². The topological polar surface area (TPSA) is 73.7 Å². The third-order valence-electron chi connectivity index (χ3n) is 7.83. The largest absolute Gasteiger partial charge is 0.392 e. The van der Waals surface area contributed by atoms with E-state index in [1.807, 2.05) is 36.1 Å². The molecule has 38 heavy (non-hydrogen) atoms. The molecule has 2 aromatic carbocycles. The fourth-order valence-electron chi connectivity index (χ4n) is 5.62. The van der Waals surface area contributed by atoms with Crippen LogP contribution in [0.4, 0.5) is 0 Å². The maximum Gasteiger partial charge on any atom is 0.254 e. The van der Waals surface area contributed by atoms with Gasteiger partial charge in [0.05, 0.1) is 26.7 Å². The van der Waals surface area contributed by atoms with Crippen LogP contribution >= 0.6 is 34.8 Å². The van der Waals surface area contributed by atoms with Crippen LogP contribution in [0.3, 0.4) is 0 Å². The van der Waals surface area contributed by atoms with Crippen LogP contribution in [0.5, 0.6) is 0 Å². The van der Waals surface area contributed by atoms with Crippen LogP contribution in [0.1, 0.15) is 45.5 Å². The molecule has 3 aromatic rings. The van der Waals surface area contributed by atoms with Crippen molar-refractivity contribution in [1.82, 2.24) is 14.8 Å². The van der Waals surface area contributed by atoms with Crippen molar-refractivity contribution in [2.75, 3.05) is 26.2 Å². The number of aryl methyl sites for hydroxylation is 1. The summed E-state index contributed by atoms with van der Waals surface area (Å²) in [4.78, 5) is 34.8. The first-order chi connectivity index (χ1) is 18.2. The molecule has 1 unspecified atom stereocenters. The molecule has 0 bridgehead atoms. The highest BCUT2D eigenvalue weighted by Gasteiger charge is 2.46. The lowest BCUT2D eigenvalue weighted by Crippen LogP contribution is -2.58. The zero-order chi connectivity index (χ0) is 27.0. The maximum absolute atomic E-state index is 13.8. The molecule has 2 amide bonds. The summed E-state index contributed by atoms with van der Waals surface area (Å²) < 4.78 is 0. The van der Waals surface area contributed by atoms with Crippen LogP contribution < -0.4 is 0 Å². The second-order valence-electron chi connectivity index (χ2n) is 10.2. The molecule has 2 aliphatic rings. The van der Waals surface area contributed by atoms with Gasteiger partial charge in [-0.2, -0.15) is 0 Å². The molecule has 3 heterocycles. The minimum absolute atomic E-state index is 0.0702. The van der Waals surface area contributed by atoms with E-state index in [2.05, 4.69) is 4.98 Å². The third-order valence-corrected chi connectivity index (χ3v) is 9.03. The normalized spacial score (nSPS) is 19.0. The number of carbonyl (C=O) groups is 2. The first-order valence-corrected chi connectivity index (χ1v) is 13.7. The van der Waals surface area contributed by atoms with Gasteiger partial charge in [-0.1, -0.05) is 64.6 Å². The second-order valence-corrected chi connectivity index (χ2v) is 11.4. The Morgan fingerprint density at radius 3 is 2.37 bits per heavy atom. The smallest absolute Gasteiger partial charge is 0.254 e. The van der Waals surface area contributed by atoms with E-state index in [-0.39, 0.29) is 26.9 Å². The Bertz CT molecular complexity index is 1370. The summed E-state index contributed by atoms with van der Waals surface area (Å²) in [6, 6.07) is 12.8. The van der Waals surface area contributed by atoms with Crippen LogP contribution in [-0.4, -0.2) is 64.0 Å². The van der Waals surface area contributed by atoms with Crippen molar-refractivity contribution in [2.45, 2.75) is 32.3 Å². The van der Waals surface area contributed by atoms with Gasteiger partial charge >= 0.3 is 0 Å². The van der Waals surface area contributed by atoms with E-state index < -0.39 is 11.5 Å². The highest BCUT2D eigenvalue weighted by molar-refractivity contribution is 6.48. The van der Waals surface area contributed by atoms with Gasteiger partial charge in [0, 0.05) is 55.1 Å². The Hall–Kier alpha value is -2.64. The number of aliphatic hydroxyl groups is 1. The third kappa shape index (κ3) is 5.15. The number of aliphatic hydroxyl groups excluding tert-OH is 1. The molecular weight excluding hydrogens is 545 g/mol. The van der Waals surface area contributed by atoms with Gasteiger partial charge in [0.1, 0.15) is 0 Å². The number of halogens is 3. The number of nitrogens with zero attached hydrogens (tertiary/aromatic N) is 3. The van der Waals surface area contributed by atoms with Crippen LogP contribution in [0.25, 0.3) is 11.1 Å². The Morgan fingerprint density at radius 2 is 1.68 bits per heavy atom. The number of rotatable bonds is 3. The number of hydrogen-bond acceptors (Lipinski definition) is 4. The average molecular weight is 573 g/mol. The minimum Gasteiger partial charge on any atom is -0.392 e. The molecule has 1 N–H and O–H groups in total. The molecule has 0 radical (unpaired) electrons. The zero-order valence-corrected chi connectivity index (χ0v) is 23.2. The van der Waals surface area contributed by atoms with E-state index >= 15 is 0 Å². The fourth-order valence-corrected chi connectivity index (χ4v) is 6.22. The molecule has 2 fully saturated rings. The van der Waals surface area contributed by atoms with Gasteiger partial charge in [-0.3, -0.25) is 14.6 Å². The first kappa shape index (κ1) is 26.9. The molecule has 6 nitrogen and oxygen atoms in total. The van der Waals surface area contributed by atoms with Gasteiger partial charge in [-0.25, -0.2) is 0 Å². The Kier molecular flexibility index (Phi) is 7.70. The molecule has 198 valence electrons. The summed E-state index contributed by atoms with van der Waals surface area (Å²) in [6.07, 6.45) is 4.49. The van der Waals surface area contributed by atoms with E-state index in [0.717, 1.165) is 16.7 Å². The number of pyridine rings is 1. The number of likely N-dealkylation sites (tertiary alicyclic amines) is 2. The average Bonchev–Trinajstić information content (AvgIpc) is 2.92. The monoisotopic (exact) mass is 571 g/mol. The lowest BCUT2D eigenvalue weighted by molar-refractivity contribution is -0.0676. The van der Waals surface area contributed by atoms with Gasteiger partial charge in [0.2, 0.25) is 0 Å². The van der Waals surface area contributed by atoms with Gasteiger partial charge in [-0.15, -0.1) is 0 Å². The summed E-state index contributed by atoms with van der Waals surface area (Å²) in [6.45, 7) is 3.84. The van der Waals surface area contributed by atoms with Gasteiger partial charge in [-0.05, 0) is 49.9 Å². The predicted octanol–water partition coefficient (Wildman–Crippen LogP) is 6.15. The molecule has 9 heteroatoms. The van der Waals surface area contributed by atoms with E-state index in [4.69, 9.17) is 34.8 Å². The zero-order valence-electron chi connectivity index (χ0n) is 21.0. The number of hydrogen-bond donors (Lipinski definition) is 1. The van der Waals surface area contributed by atoms with E-state index in [1.165, 1.54) is 12.1 Å². The summed E-state index contributed by atoms with van der Waals surface area (Å²) >= 11 is 18.3. The van der Waals surface area contributed by atoms with E-state index in [1.54, 1.807) is 23.4 Å². The van der Waals surface area contributed by atoms with Crippen molar-refractivity contribution >= 4 is 46.6 Å². The Balaban J connectivity index is 1.32. The second kappa shape index (κ2) is 10.9. The van der Waals surface area contributed by atoms with Crippen molar-refractivity contribution in [3.8, 4) is 11.1 Å². The molecule has 0 saturated carbocycles. The van der Waals surface area contributed by atoms with Gasteiger partial charge in [0.25, 0.3) is 11.8 Å². The quantitative estimate of drug-likeness (QED) is 0.382. The van der Waals surface area contributed by atoms with Crippen molar-refractivity contribution in [2.24, 2.45) is 5.41 Å². The minimum atomic E-state index is -0.545. The van der Waals surface area contributed by atoms with E-state index in [9.17, 15) is 14.7 Å². The SMILES string of the molecule is Cc1cccc(-c2cnccc2C(=O)N2CCC(O)C3(CCN(C(=O)c4cc(Cl)c(Cl)c(Cl)c4)CC3)C2)c1. The summed E-state index contributed by atoms with van der Waals surface area (Å²) in [5.74, 6) is -0.253. The standard InChI is InChI=1S/C29H28Cl3N3O3/c1-18-3-2-4-19(13-18)22-16-33-9-5-21(22)28(38)35-10-6-25(36)29(17-35)7-11-34(12-8-29)27(37)20-14-23(30)26(32)24(31)15-20/h2-5,9,13-16,25,36H,6-8,10-12,17H2,1H3. The predicted molar refractivity (Wildman–Crippen MR) is 150 cm³/mol. The Morgan fingerprint density at radius 1 is 0.974 bits per heavy atom. The molecule has 1 atom stereocenters. The number of carbonyl (C=O) groups excluding carboxylic acids is 2. The van der Waals surface area contributed by atoms with Crippen LogP contribution in [0.15, 0.2) is 54.9 Å². The lowest BCUT2D eigenvalue weighted by Gasteiger charge is -2.50. The Labute approximate surface area is 237 Å². The maximum atomic E-state index is 13.8. The van der Waals surface area contributed by atoms with Gasteiger partial charge < -0.3 is 14.9 Å². The molecule has 1 aromatic heterocycles. The van der Waals surface area contributed by atoms with E-state index in [0.29, 0.717) is 56.6 Å². The number of aromatic nitrogens is 1. The highest BCUT2D eigenvalue weighted by atomic mass is 35.5. The van der Waals surface area contributed by atoms with Crippen LogP contribution in [0, 0.1) is 12.3 Å². The molecule has 2 saturated heterocycles. The summed E-state index contributed by atoms with van der Waals surface area (Å²) in [5, 5.41) is 11.7. The van der Waals surface area contributed by atoms with Gasteiger partial charge in [0.15, 0.2) is 0 Å². The molecule has 0 aliphatic carbocycles. The number of amides is 2. The van der Waals surface area contributed by atoms with Crippen molar-refractivity contribution in [3.05, 3.63) is 86.6 Å². The summed E-state index contributed by atoms with van der Waals surface area (Å²) in [7, 11) is 0. The highest BCUT2D eigenvalue weighted by Crippen LogP contribution is 2.41. The van der Waals surface area contributed by atoms with Crippen molar-refractivity contribution in [3.63, 3.8) is 0 Å². The molecule has 2 aliphatic heterocycles. The molecular formula is C29H28Cl3N3O3. The number of benzene rings is 2. The fraction of sp³-hybridized carbons (Fsp3) is 0.345. The van der Waals surface area contributed by atoms with Crippen LogP contribution in [-0.2, 0) is 0 Å². The lowest BCUT2D eigenvalue weighted by atomic mass is 9.70. The first-order valence-electron chi connectivity index (χ1n) is 12.6. The van der Waals surface area contributed by atoms with Crippen molar-refractivity contribution < 1.29 is 14.7 Å².